The van der Waals surface area contributed by atoms with E-state index in [1.165, 1.54) is 17.1 Å². The number of aryl methyl sites for hydroxylation is 1. The summed E-state index contributed by atoms with van der Waals surface area (Å²) < 4.78 is 27.8. The number of amides is 1. The van der Waals surface area contributed by atoms with Crippen LogP contribution in [0.5, 0.6) is 0 Å². The van der Waals surface area contributed by atoms with Crippen LogP contribution in [0.4, 0.5) is 0 Å². The molecule has 8 heteroatoms. The van der Waals surface area contributed by atoms with Crippen molar-refractivity contribution in [1.82, 2.24) is 19.8 Å². The third kappa shape index (κ3) is 2.83. The molecule has 0 aromatic carbocycles. The number of carbonyl (C=O) groups excluding carboxylic acids is 1. The molecule has 2 heterocycles. The molecule has 1 aliphatic heterocycles. The molecule has 0 aliphatic carbocycles. The van der Waals surface area contributed by atoms with Crippen LogP contribution in [0.25, 0.3) is 0 Å². The molecule has 1 aliphatic rings. The van der Waals surface area contributed by atoms with E-state index in [1.807, 2.05) is 0 Å². The number of nitrogens with one attached hydrogen (secondary N) is 2. The molecule has 0 spiro atoms. The van der Waals surface area contributed by atoms with Crippen LogP contribution < -0.4 is 10.0 Å². The Bertz CT molecular complexity index is 512. The molecule has 0 bridgehead atoms. The van der Waals surface area contributed by atoms with Crippen molar-refractivity contribution < 1.29 is 13.2 Å². The second kappa shape index (κ2) is 4.46. The van der Waals surface area contributed by atoms with Gasteiger partial charge in [-0.3, -0.25) is 9.48 Å². The summed E-state index contributed by atoms with van der Waals surface area (Å²) in [6, 6.07) is -0.252. The molecule has 2 rings (SSSR count). The lowest BCUT2D eigenvalue weighted by Gasteiger charge is -2.22. The van der Waals surface area contributed by atoms with Crippen molar-refractivity contribution in [3.05, 3.63) is 12.4 Å². The van der Waals surface area contributed by atoms with Gasteiger partial charge in [-0.05, 0) is 6.42 Å². The summed E-state index contributed by atoms with van der Waals surface area (Å²) in [6.07, 6.45) is 3.60. The third-order valence-electron chi connectivity index (χ3n) is 2.58. The van der Waals surface area contributed by atoms with E-state index in [2.05, 4.69) is 15.1 Å². The van der Waals surface area contributed by atoms with Gasteiger partial charge in [-0.15, -0.1) is 0 Å². The fourth-order valence-corrected chi connectivity index (χ4v) is 2.91. The van der Waals surface area contributed by atoms with Gasteiger partial charge >= 0.3 is 0 Å². The van der Waals surface area contributed by atoms with Crippen molar-refractivity contribution in [3.8, 4) is 0 Å². The summed E-state index contributed by atoms with van der Waals surface area (Å²) in [4.78, 5) is 11.1. The number of hydrogen-bond acceptors (Lipinski definition) is 4. The molecule has 0 radical (unpaired) electrons. The van der Waals surface area contributed by atoms with Crippen molar-refractivity contribution in [3.63, 3.8) is 0 Å². The van der Waals surface area contributed by atoms with Crippen LogP contribution in [0.15, 0.2) is 17.3 Å². The molecule has 1 aromatic rings. The van der Waals surface area contributed by atoms with Crippen molar-refractivity contribution in [2.24, 2.45) is 7.05 Å². The molecule has 17 heavy (non-hydrogen) atoms. The highest BCUT2D eigenvalue weighted by Gasteiger charge is 2.24. The van der Waals surface area contributed by atoms with Gasteiger partial charge in [0.1, 0.15) is 4.90 Å². The smallest absolute Gasteiger partial charge is 0.244 e. The number of carbonyl (C=O) groups is 1. The van der Waals surface area contributed by atoms with Crippen LogP contribution in [0, 0.1) is 0 Å². The zero-order chi connectivity index (χ0) is 12.5. The monoisotopic (exact) mass is 258 g/mol. The fourth-order valence-electron chi connectivity index (χ4n) is 1.66. The summed E-state index contributed by atoms with van der Waals surface area (Å²) in [7, 11) is -1.89. The number of hydrogen-bond donors (Lipinski definition) is 2. The largest absolute Gasteiger partial charge is 0.355 e. The molecule has 0 saturated carbocycles. The van der Waals surface area contributed by atoms with Crippen LogP contribution in [0.3, 0.4) is 0 Å². The van der Waals surface area contributed by atoms with E-state index in [0.717, 1.165) is 0 Å². The van der Waals surface area contributed by atoms with Gasteiger partial charge in [0.25, 0.3) is 0 Å². The first kappa shape index (κ1) is 12.1. The standard InChI is InChI=1S/C9H14N4O3S/c1-13-6-8(5-11-13)17(15,16)12-7-2-3-9(14)10-4-7/h5-7,12H,2-4H2,1H3,(H,10,14). The molecule has 1 saturated heterocycles. The van der Waals surface area contributed by atoms with Gasteiger partial charge in [0.15, 0.2) is 0 Å². The van der Waals surface area contributed by atoms with Gasteiger partial charge < -0.3 is 5.32 Å². The summed E-state index contributed by atoms with van der Waals surface area (Å²) in [6.45, 7) is 0.332. The van der Waals surface area contributed by atoms with E-state index in [0.29, 0.717) is 19.4 Å². The predicted molar refractivity (Wildman–Crippen MR) is 59.6 cm³/mol. The highest BCUT2D eigenvalue weighted by atomic mass is 32.2. The minimum Gasteiger partial charge on any atom is -0.355 e. The van der Waals surface area contributed by atoms with Crippen molar-refractivity contribution in [2.45, 2.75) is 23.8 Å². The summed E-state index contributed by atoms with van der Waals surface area (Å²) in [5.74, 6) is -0.0400. The minimum absolute atomic E-state index is 0.0400. The Kier molecular flexibility index (Phi) is 3.16. The van der Waals surface area contributed by atoms with Crippen LogP contribution in [0.2, 0.25) is 0 Å². The number of nitrogens with zero attached hydrogens (tertiary/aromatic N) is 2. The maximum absolute atomic E-state index is 11.9. The molecule has 1 amide bonds. The second-order valence-electron chi connectivity index (χ2n) is 4.01. The molecule has 7 nitrogen and oxygen atoms in total. The van der Waals surface area contributed by atoms with E-state index < -0.39 is 10.0 Å². The van der Waals surface area contributed by atoms with Crippen LogP contribution in [-0.4, -0.2) is 36.7 Å². The first-order chi connectivity index (χ1) is 7.97. The average Bonchev–Trinajstić information content (AvgIpc) is 2.69. The molecule has 1 unspecified atom stereocenters. The Labute approximate surface area is 99.2 Å². The maximum atomic E-state index is 11.9. The molecule has 94 valence electrons. The van der Waals surface area contributed by atoms with Gasteiger partial charge in [0.05, 0.1) is 6.20 Å². The molecular weight excluding hydrogens is 244 g/mol. The first-order valence-corrected chi connectivity index (χ1v) is 6.73. The van der Waals surface area contributed by atoms with E-state index in [4.69, 9.17) is 0 Å². The molecule has 1 aromatic heterocycles. The molecular formula is C9H14N4O3S. The highest BCUT2D eigenvalue weighted by molar-refractivity contribution is 7.89. The number of rotatable bonds is 3. The summed E-state index contributed by atoms with van der Waals surface area (Å²) in [5, 5.41) is 6.44. The third-order valence-corrected chi connectivity index (χ3v) is 4.05. The predicted octanol–water partition coefficient (Wildman–Crippen LogP) is -1.02. The number of piperidine rings is 1. The fraction of sp³-hybridized carbons (Fsp3) is 0.556. The van der Waals surface area contributed by atoms with Crippen LogP contribution in [-0.2, 0) is 21.9 Å². The SMILES string of the molecule is Cn1cc(S(=O)(=O)NC2CCC(=O)NC2)cn1. The minimum atomic E-state index is -3.54. The van der Waals surface area contributed by atoms with Gasteiger partial charge in [0, 0.05) is 32.3 Å². The first-order valence-electron chi connectivity index (χ1n) is 5.25. The summed E-state index contributed by atoms with van der Waals surface area (Å²) >= 11 is 0. The molecule has 1 fully saturated rings. The summed E-state index contributed by atoms with van der Waals surface area (Å²) in [5.41, 5.74) is 0. The average molecular weight is 258 g/mol. The lowest BCUT2D eigenvalue weighted by molar-refractivity contribution is -0.122. The van der Waals surface area contributed by atoms with Crippen LogP contribution >= 0.6 is 0 Å². The topological polar surface area (TPSA) is 93.1 Å². The van der Waals surface area contributed by atoms with E-state index in [9.17, 15) is 13.2 Å². The second-order valence-corrected chi connectivity index (χ2v) is 5.72. The number of sulfonamides is 1. The zero-order valence-corrected chi connectivity index (χ0v) is 10.2. The molecule has 2 N–H and O–H groups in total. The van der Waals surface area contributed by atoms with Gasteiger partial charge in [-0.2, -0.15) is 5.10 Å². The lowest BCUT2D eigenvalue weighted by atomic mass is 10.1. The van der Waals surface area contributed by atoms with Crippen molar-refractivity contribution in [1.29, 1.82) is 0 Å². The van der Waals surface area contributed by atoms with Crippen molar-refractivity contribution >= 4 is 15.9 Å². The van der Waals surface area contributed by atoms with E-state index >= 15 is 0 Å². The number of aromatic nitrogens is 2. The Morgan fingerprint density at radius 3 is 2.88 bits per heavy atom. The van der Waals surface area contributed by atoms with Gasteiger partial charge in [-0.1, -0.05) is 0 Å². The Hall–Kier alpha value is -1.41. The normalized spacial score (nSPS) is 21.2. The highest BCUT2D eigenvalue weighted by Crippen LogP contribution is 2.10. The Balaban J connectivity index is 2.05. The van der Waals surface area contributed by atoms with Crippen LogP contribution in [0.1, 0.15) is 12.8 Å². The van der Waals surface area contributed by atoms with Gasteiger partial charge in [-0.25, -0.2) is 13.1 Å². The van der Waals surface area contributed by atoms with Gasteiger partial charge in [0.2, 0.25) is 15.9 Å². The Morgan fingerprint density at radius 2 is 2.35 bits per heavy atom. The zero-order valence-electron chi connectivity index (χ0n) is 9.38. The maximum Gasteiger partial charge on any atom is 0.244 e. The molecule has 1 atom stereocenters. The Morgan fingerprint density at radius 1 is 1.59 bits per heavy atom. The van der Waals surface area contributed by atoms with Crippen molar-refractivity contribution in [2.75, 3.05) is 6.54 Å². The van der Waals surface area contributed by atoms with E-state index in [-0.39, 0.29) is 16.8 Å². The lowest BCUT2D eigenvalue weighted by Crippen LogP contribution is -2.47. The van der Waals surface area contributed by atoms with E-state index in [1.54, 1.807) is 7.05 Å². The quantitative estimate of drug-likeness (QED) is 0.725.